The highest BCUT2D eigenvalue weighted by molar-refractivity contribution is 5.67. The fourth-order valence-electron chi connectivity index (χ4n) is 2.71. The van der Waals surface area contributed by atoms with Gasteiger partial charge in [-0.3, -0.25) is 0 Å². The number of ether oxygens (including phenoxy) is 1. The summed E-state index contributed by atoms with van der Waals surface area (Å²) in [5.74, 6) is 0. The van der Waals surface area contributed by atoms with E-state index in [0.29, 0.717) is 18.6 Å². The number of likely N-dealkylation sites (N-methyl/N-ethyl adjacent to an activating group) is 1. The van der Waals surface area contributed by atoms with Crippen LogP contribution in [0.4, 0.5) is 4.79 Å². The molecule has 0 bridgehead atoms. The summed E-state index contributed by atoms with van der Waals surface area (Å²) in [4.78, 5) is 16.1. The van der Waals surface area contributed by atoms with Crippen LogP contribution in [0.3, 0.4) is 0 Å². The number of hydrogen-bond donors (Lipinski definition) is 1. The lowest BCUT2D eigenvalue weighted by atomic mass is 10.1. The largest absolute Gasteiger partial charge is 0.444 e. The Bertz CT molecular complexity index is 339. The fourth-order valence-corrected chi connectivity index (χ4v) is 2.71. The summed E-state index contributed by atoms with van der Waals surface area (Å²) in [6.07, 6.45) is 3.41. The van der Waals surface area contributed by atoms with E-state index in [-0.39, 0.29) is 6.09 Å². The number of nitrogens with zero attached hydrogens (tertiary/aromatic N) is 2. The third-order valence-electron chi connectivity index (χ3n) is 4.08. The van der Waals surface area contributed by atoms with Crippen LogP contribution < -0.4 is 5.32 Å². The van der Waals surface area contributed by atoms with Gasteiger partial charge in [-0.25, -0.2) is 4.79 Å². The lowest BCUT2D eigenvalue weighted by Crippen LogP contribution is -2.40. The fraction of sp³-hybridized carbons (Fsp3) is 0.941. The van der Waals surface area contributed by atoms with Gasteiger partial charge in [-0.1, -0.05) is 0 Å². The van der Waals surface area contributed by atoms with E-state index in [4.69, 9.17) is 4.74 Å². The van der Waals surface area contributed by atoms with Crippen molar-refractivity contribution >= 4 is 6.09 Å². The predicted octanol–water partition coefficient (Wildman–Crippen LogP) is 2.71. The zero-order valence-electron chi connectivity index (χ0n) is 15.3. The van der Waals surface area contributed by atoms with Crippen LogP contribution in [-0.2, 0) is 4.74 Å². The first kappa shape index (κ1) is 19.2. The lowest BCUT2D eigenvalue weighted by Gasteiger charge is -2.26. The molecule has 1 heterocycles. The highest BCUT2D eigenvalue weighted by Crippen LogP contribution is 2.13. The second-order valence-corrected chi connectivity index (χ2v) is 7.61. The van der Waals surface area contributed by atoms with E-state index in [2.05, 4.69) is 24.1 Å². The zero-order valence-corrected chi connectivity index (χ0v) is 15.3. The van der Waals surface area contributed by atoms with Crippen molar-refractivity contribution in [2.45, 2.75) is 71.6 Å². The van der Waals surface area contributed by atoms with Gasteiger partial charge >= 0.3 is 6.09 Å². The minimum Gasteiger partial charge on any atom is -0.444 e. The molecule has 0 aromatic carbocycles. The molecule has 1 atom stereocenters. The van der Waals surface area contributed by atoms with Crippen LogP contribution >= 0.6 is 0 Å². The van der Waals surface area contributed by atoms with Crippen LogP contribution in [0, 0.1) is 0 Å². The molecule has 1 rings (SSSR count). The van der Waals surface area contributed by atoms with E-state index >= 15 is 0 Å². The van der Waals surface area contributed by atoms with E-state index in [0.717, 1.165) is 13.1 Å². The van der Waals surface area contributed by atoms with E-state index in [1.165, 1.54) is 25.8 Å². The van der Waals surface area contributed by atoms with Crippen molar-refractivity contribution in [1.82, 2.24) is 15.1 Å². The highest BCUT2D eigenvalue weighted by atomic mass is 16.6. The van der Waals surface area contributed by atoms with Crippen LogP contribution in [0.1, 0.15) is 53.9 Å². The Morgan fingerprint density at radius 1 is 1.32 bits per heavy atom. The Morgan fingerprint density at radius 3 is 2.59 bits per heavy atom. The summed E-state index contributed by atoms with van der Waals surface area (Å²) < 4.78 is 5.35. The van der Waals surface area contributed by atoms with Crippen molar-refractivity contribution in [2.24, 2.45) is 0 Å². The van der Waals surface area contributed by atoms with Crippen LogP contribution in [0.5, 0.6) is 0 Å². The second kappa shape index (κ2) is 8.73. The zero-order chi connectivity index (χ0) is 16.8. The Morgan fingerprint density at radius 2 is 2.00 bits per heavy atom. The molecule has 130 valence electrons. The molecule has 5 heteroatoms. The van der Waals surface area contributed by atoms with Gasteiger partial charge in [0.2, 0.25) is 0 Å². The molecule has 0 aliphatic carbocycles. The molecule has 0 aromatic heterocycles. The molecule has 5 nitrogen and oxygen atoms in total. The summed E-state index contributed by atoms with van der Waals surface area (Å²) in [5.41, 5.74) is -0.430. The Balaban J connectivity index is 2.25. The predicted molar refractivity (Wildman–Crippen MR) is 91.2 cm³/mol. The molecule has 0 spiro atoms. The maximum absolute atomic E-state index is 11.9. The third kappa shape index (κ3) is 7.45. The number of carbonyl (C=O) groups is 1. The molecule has 1 aliphatic rings. The quantitative estimate of drug-likeness (QED) is 0.847. The molecule has 1 amide bonds. The third-order valence-corrected chi connectivity index (χ3v) is 4.08. The first-order chi connectivity index (χ1) is 10.2. The van der Waals surface area contributed by atoms with Crippen molar-refractivity contribution in [3.05, 3.63) is 0 Å². The monoisotopic (exact) mass is 313 g/mol. The van der Waals surface area contributed by atoms with Crippen molar-refractivity contribution in [1.29, 1.82) is 0 Å². The van der Waals surface area contributed by atoms with Crippen LogP contribution in [-0.4, -0.2) is 66.8 Å². The van der Waals surface area contributed by atoms with Gasteiger partial charge in [0, 0.05) is 32.2 Å². The van der Waals surface area contributed by atoms with E-state index in [1.807, 2.05) is 20.8 Å². The molecule has 1 unspecified atom stereocenters. The van der Waals surface area contributed by atoms with Crippen molar-refractivity contribution in [2.75, 3.05) is 33.2 Å². The maximum atomic E-state index is 11.9. The van der Waals surface area contributed by atoms with Crippen molar-refractivity contribution in [3.63, 3.8) is 0 Å². The van der Waals surface area contributed by atoms with E-state index < -0.39 is 5.60 Å². The Labute approximate surface area is 136 Å². The SMILES string of the molecule is CC(C)N1CCCC(NCCN(C)C(=O)OC(C)(C)C)CC1. The summed E-state index contributed by atoms with van der Waals surface area (Å²) in [7, 11) is 1.79. The van der Waals surface area contributed by atoms with Gasteiger partial charge in [0.25, 0.3) is 0 Å². The Kier molecular flexibility index (Phi) is 7.63. The Hall–Kier alpha value is -0.810. The summed E-state index contributed by atoms with van der Waals surface area (Å²) in [6.45, 7) is 14.1. The molecule has 0 aromatic rings. The van der Waals surface area contributed by atoms with Crippen LogP contribution in [0.25, 0.3) is 0 Å². The number of hydrogen-bond acceptors (Lipinski definition) is 4. The average Bonchev–Trinajstić information content (AvgIpc) is 2.62. The molecular weight excluding hydrogens is 278 g/mol. The molecular formula is C17H35N3O2. The molecule has 1 N–H and O–H groups in total. The van der Waals surface area contributed by atoms with Crippen LogP contribution in [0.2, 0.25) is 0 Å². The highest BCUT2D eigenvalue weighted by Gasteiger charge is 2.20. The topological polar surface area (TPSA) is 44.8 Å². The van der Waals surface area contributed by atoms with Gasteiger partial charge in [0.1, 0.15) is 5.60 Å². The van der Waals surface area contributed by atoms with E-state index in [1.54, 1.807) is 11.9 Å². The van der Waals surface area contributed by atoms with Gasteiger partial charge < -0.3 is 19.9 Å². The average molecular weight is 313 g/mol. The first-order valence-corrected chi connectivity index (χ1v) is 8.60. The smallest absolute Gasteiger partial charge is 0.410 e. The number of nitrogens with one attached hydrogen (secondary N) is 1. The number of rotatable bonds is 5. The minimum absolute atomic E-state index is 0.249. The van der Waals surface area contributed by atoms with Gasteiger partial charge in [-0.05, 0) is 67.0 Å². The summed E-state index contributed by atoms with van der Waals surface area (Å²) in [5, 5.41) is 3.59. The van der Waals surface area contributed by atoms with Gasteiger partial charge in [-0.15, -0.1) is 0 Å². The standard InChI is InChI=1S/C17H35N3O2/c1-14(2)20-11-7-8-15(9-12-20)18-10-13-19(6)16(21)22-17(3,4)5/h14-15,18H,7-13H2,1-6H3. The molecule has 0 saturated carbocycles. The summed E-state index contributed by atoms with van der Waals surface area (Å²) >= 11 is 0. The van der Waals surface area contributed by atoms with Crippen molar-refractivity contribution < 1.29 is 9.53 Å². The van der Waals surface area contributed by atoms with Crippen LogP contribution in [0.15, 0.2) is 0 Å². The lowest BCUT2D eigenvalue weighted by molar-refractivity contribution is 0.0299. The van der Waals surface area contributed by atoms with Gasteiger partial charge in [-0.2, -0.15) is 0 Å². The molecule has 1 saturated heterocycles. The molecule has 0 radical (unpaired) electrons. The second-order valence-electron chi connectivity index (χ2n) is 7.61. The number of likely N-dealkylation sites (tertiary alicyclic amines) is 1. The molecule has 22 heavy (non-hydrogen) atoms. The van der Waals surface area contributed by atoms with Gasteiger partial charge in [0.05, 0.1) is 0 Å². The van der Waals surface area contributed by atoms with Crippen molar-refractivity contribution in [3.8, 4) is 0 Å². The molecule has 1 aliphatic heterocycles. The maximum Gasteiger partial charge on any atom is 0.410 e. The van der Waals surface area contributed by atoms with Gasteiger partial charge in [0.15, 0.2) is 0 Å². The minimum atomic E-state index is -0.430. The van der Waals surface area contributed by atoms with E-state index in [9.17, 15) is 4.79 Å². The first-order valence-electron chi connectivity index (χ1n) is 8.60. The number of carbonyl (C=O) groups excluding carboxylic acids is 1. The summed E-state index contributed by atoms with van der Waals surface area (Å²) in [6, 6.07) is 1.20. The molecule has 1 fully saturated rings. The number of amides is 1. The normalized spacial score (nSPS) is 20.8.